The van der Waals surface area contributed by atoms with E-state index < -0.39 is 0 Å². The van der Waals surface area contributed by atoms with Gasteiger partial charge >= 0.3 is 0 Å². The molecule has 3 rings (SSSR count). The lowest BCUT2D eigenvalue weighted by molar-refractivity contribution is -0.124. The van der Waals surface area contributed by atoms with E-state index >= 15 is 0 Å². The molecule has 6 nitrogen and oxygen atoms in total. The summed E-state index contributed by atoms with van der Waals surface area (Å²) >= 11 is 0. The number of aromatic nitrogens is 1. The highest BCUT2D eigenvalue weighted by Gasteiger charge is 2.30. The first-order valence-corrected chi connectivity index (χ1v) is 10.7. The van der Waals surface area contributed by atoms with Crippen molar-refractivity contribution >= 4 is 22.7 Å². The van der Waals surface area contributed by atoms with Gasteiger partial charge in [0.05, 0.1) is 12.6 Å². The molecule has 0 saturated heterocycles. The minimum atomic E-state index is -0.324. The van der Waals surface area contributed by atoms with E-state index in [1.807, 2.05) is 6.92 Å². The molecule has 0 radical (unpaired) electrons. The van der Waals surface area contributed by atoms with Gasteiger partial charge in [-0.1, -0.05) is 31.9 Å². The first-order valence-electron chi connectivity index (χ1n) is 10.7. The third kappa shape index (κ3) is 5.03. The number of hydrogen-bond donors (Lipinski definition) is 3. The number of benzene rings is 1. The maximum absolute atomic E-state index is 13.0. The van der Waals surface area contributed by atoms with Crippen molar-refractivity contribution in [3.8, 4) is 11.8 Å². The normalized spacial score (nSPS) is 17.9. The largest absolute Gasteiger partial charge is 0.355 e. The molecule has 1 aromatic carbocycles. The molecule has 0 bridgehead atoms. The van der Waals surface area contributed by atoms with Crippen LogP contribution in [0.5, 0.6) is 0 Å². The van der Waals surface area contributed by atoms with E-state index in [4.69, 9.17) is 0 Å². The molecular weight excluding hydrogens is 376 g/mol. The predicted molar refractivity (Wildman–Crippen MR) is 120 cm³/mol. The topological polar surface area (TPSA) is 75.2 Å². The van der Waals surface area contributed by atoms with Gasteiger partial charge in [0.15, 0.2) is 0 Å². The van der Waals surface area contributed by atoms with Gasteiger partial charge in [0.25, 0.3) is 0 Å². The second-order valence-electron chi connectivity index (χ2n) is 8.33. The van der Waals surface area contributed by atoms with Crippen LogP contribution in [0, 0.1) is 17.8 Å². The van der Waals surface area contributed by atoms with Crippen molar-refractivity contribution in [2.75, 3.05) is 13.1 Å². The fourth-order valence-electron chi connectivity index (χ4n) is 4.20. The van der Waals surface area contributed by atoms with Crippen molar-refractivity contribution in [3.63, 3.8) is 0 Å². The van der Waals surface area contributed by atoms with Gasteiger partial charge < -0.3 is 15.2 Å². The third-order valence-electron chi connectivity index (χ3n) is 5.47. The Labute approximate surface area is 178 Å². The molecule has 160 valence electrons. The van der Waals surface area contributed by atoms with Crippen LogP contribution in [-0.4, -0.2) is 35.5 Å². The number of hydrogen-bond acceptors (Lipinski definition) is 3. The molecule has 2 unspecified atom stereocenters. The Morgan fingerprint density at radius 1 is 1.27 bits per heavy atom. The van der Waals surface area contributed by atoms with Crippen LogP contribution in [0.1, 0.15) is 51.3 Å². The lowest BCUT2D eigenvalue weighted by atomic mass is 9.94. The molecular formula is C24H32N4O2. The molecule has 0 fully saturated rings. The van der Waals surface area contributed by atoms with Crippen LogP contribution < -0.4 is 16.0 Å². The number of carbonyl (C=O) groups excluding carboxylic acids is 2. The molecule has 3 N–H and O–H groups in total. The third-order valence-corrected chi connectivity index (χ3v) is 5.47. The summed E-state index contributed by atoms with van der Waals surface area (Å²) in [5.74, 6) is 6.50. The van der Waals surface area contributed by atoms with Crippen LogP contribution in [0.25, 0.3) is 10.9 Å². The summed E-state index contributed by atoms with van der Waals surface area (Å²) in [6.45, 7) is 9.23. The van der Waals surface area contributed by atoms with E-state index in [1.54, 1.807) is 0 Å². The zero-order valence-corrected chi connectivity index (χ0v) is 18.3. The molecule has 2 amide bonds. The van der Waals surface area contributed by atoms with Gasteiger partial charge in [-0.2, -0.15) is 0 Å². The summed E-state index contributed by atoms with van der Waals surface area (Å²) in [4.78, 5) is 24.0. The molecule has 2 aromatic rings. The van der Waals surface area contributed by atoms with Gasteiger partial charge in [0, 0.05) is 43.2 Å². The zero-order valence-electron chi connectivity index (χ0n) is 18.3. The molecule has 0 spiro atoms. The lowest BCUT2D eigenvalue weighted by Crippen LogP contribution is -2.48. The first kappa shape index (κ1) is 21.9. The van der Waals surface area contributed by atoms with Crippen LogP contribution in [0.3, 0.4) is 0 Å². The second-order valence-corrected chi connectivity index (χ2v) is 8.33. The highest BCUT2D eigenvalue weighted by atomic mass is 16.2. The summed E-state index contributed by atoms with van der Waals surface area (Å²) in [6.07, 6.45) is 3.73. The fraction of sp³-hybridized carbons (Fsp3) is 0.500. The van der Waals surface area contributed by atoms with Gasteiger partial charge in [-0.3, -0.25) is 14.9 Å². The predicted octanol–water partition coefficient (Wildman–Crippen LogP) is 2.52. The number of nitrogens with one attached hydrogen (secondary N) is 3. The van der Waals surface area contributed by atoms with E-state index in [2.05, 4.69) is 70.6 Å². The Kier molecular flexibility index (Phi) is 7.17. The number of rotatable bonds is 7. The molecule has 1 aromatic heterocycles. The Morgan fingerprint density at radius 3 is 2.73 bits per heavy atom. The monoisotopic (exact) mass is 408 g/mol. The van der Waals surface area contributed by atoms with E-state index in [0.717, 1.165) is 6.42 Å². The summed E-state index contributed by atoms with van der Waals surface area (Å²) in [5.41, 5.74) is 3.61. The zero-order chi connectivity index (χ0) is 21.7. The van der Waals surface area contributed by atoms with E-state index in [1.165, 1.54) is 29.0 Å². The molecule has 2 heterocycles. The second kappa shape index (κ2) is 9.82. The fourth-order valence-corrected chi connectivity index (χ4v) is 4.20. The van der Waals surface area contributed by atoms with Gasteiger partial charge in [-0.05, 0) is 42.9 Å². The standard InChI is InChI=1S/C24H32N4O2/c1-5-6-12-28-15-18-14-21(24(30)26-11-10-25-17(4)29)27-20(13-16(2)3)19-8-7-9-22(28)23(18)19/h7-9,15-16,20-21,27H,10-14H2,1-4H3,(H,25,29)(H,26,30). The van der Waals surface area contributed by atoms with Crippen LogP contribution in [0.4, 0.5) is 0 Å². The average Bonchev–Trinajstić information content (AvgIpc) is 2.97. The van der Waals surface area contributed by atoms with Crippen molar-refractivity contribution in [3.05, 3.63) is 35.5 Å². The summed E-state index contributed by atoms with van der Waals surface area (Å²) in [6, 6.07) is 6.20. The Morgan fingerprint density at radius 2 is 2.03 bits per heavy atom. The summed E-state index contributed by atoms with van der Waals surface area (Å²) in [7, 11) is 0. The minimum Gasteiger partial charge on any atom is -0.355 e. The quantitative estimate of drug-likeness (QED) is 0.487. The van der Waals surface area contributed by atoms with Crippen LogP contribution in [0.2, 0.25) is 0 Å². The minimum absolute atomic E-state index is 0.0313. The van der Waals surface area contributed by atoms with E-state index in [0.29, 0.717) is 32.0 Å². The lowest BCUT2D eigenvalue weighted by Gasteiger charge is -2.25. The van der Waals surface area contributed by atoms with Gasteiger partial charge in [0.1, 0.15) is 0 Å². The van der Waals surface area contributed by atoms with Crippen molar-refractivity contribution in [2.24, 2.45) is 5.92 Å². The van der Waals surface area contributed by atoms with Crippen LogP contribution >= 0.6 is 0 Å². The molecule has 1 aliphatic heterocycles. The number of amides is 2. The molecule has 2 atom stereocenters. The summed E-state index contributed by atoms with van der Waals surface area (Å²) in [5, 5.41) is 10.5. The Bertz CT molecular complexity index is 980. The molecule has 0 saturated carbocycles. The van der Waals surface area contributed by atoms with Crippen molar-refractivity contribution in [1.29, 1.82) is 0 Å². The smallest absolute Gasteiger partial charge is 0.237 e. The van der Waals surface area contributed by atoms with Crippen LogP contribution in [-0.2, 0) is 22.6 Å². The summed E-state index contributed by atoms with van der Waals surface area (Å²) < 4.78 is 2.19. The van der Waals surface area contributed by atoms with E-state index in [-0.39, 0.29) is 23.9 Å². The SMILES string of the molecule is CC#CCn1cc2c3c(cccc31)C(CC(C)C)NC(C(=O)NCCNC(C)=O)C2. The van der Waals surface area contributed by atoms with Crippen molar-refractivity contribution < 1.29 is 9.59 Å². The maximum atomic E-state index is 13.0. The molecule has 6 heteroatoms. The van der Waals surface area contributed by atoms with Crippen molar-refractivity contribution in [1.82, 2.24) is 20.5 Å². The highest BCUT2D eigenvalue weighted by molar-refractivity contribution is 5.90. The van der Waals surface area contributed by atoms with Gasteiger partial charge in [0.2, 0.25) is 11.8 Å². The Balaban J connectivity index is 1.91. The first-order chi connectivity index (χ1) is 14.4. The van der Waals surface area contributed by atoms with Crippen LogP contribution in [0.15, 0.2) is 24.4 Å². The molecule has 30 heavy (non-hydrogen) atoms. The van der Waals surface area contributed by atoms with Crippen molar-refractivity contribution in [2.45, 2.75) is 59.2 Å². The van der Waals surface area contributed by atoms with Gasteiger partial charge in [-0.15, -0.1) is 5.92 Å². The van der Waals surface area contributed by atoms with E-state index in [9.17, 15) is 9.59 Å². The van der Waals surface area contributed by atoms with Gasteiger partial charge in [-0.25, -0.2) is 0 Å². The molecule has 1 aliphatic rings. The highest BCUT2D eigenvalue weighted by Crippen LogP contribution is 2.35. The Hall–Kier alpha value is -2.78. The molecule has 0 aliphatic carbocycles. The average molecular weight is 409 g/mol. The maximum Gasteiger partial charge on any atom is 0.237 e. The number of carbonyl (C=O) groups is 2. The number of nitrogens with zero attached hydrogens (tertiary/aromatic N) is 1.